The normalized spacial score (nSPS) is 16.9. The van der Waals surface area contributed by atoms with Crippen LogP contribution in [0.4, 0.5) is 0 Å². The van der Waals surface area contributed by atoms with E-state index in [9.17, 15) is 14.7 Å². The number of carbonyl (C=O) groups is 2. The van der Waals surface area contributed by atoms with E-state index in [-0.39, 0.29) is 17.4 Å². The highest BCUT2D eigenvalue weighted by Crippen LogP contribution is 2.42. The van der Waals surface area contributed by atoms with Crippen molar-refractivity contribution in [1.29, 1.82) is 0 Å². The van der Waals surface area contributed by atoms with E-state index in [0.29, 0.717) is 61.2 Å². The number of benzene rings is 2. The summed E-state index contributed by atoms with van der Waals surface area (Å²) in [5.74, 6) is 0.0708. The van der Waals surface area contributed by atoms with E-state index in [1.807, 2.05) is 27.7 Å². The van der Waals surface area contributed by atoms with Crippen molar-refractivity contribution >= 4 is 17.4 Å². The van der Waals surface area contributed by atoms with E-state index in [1.54, 1.807) is 49.6 Å². The summed E-state index contributed by atoms with van der Waals surface area (Å²) in [5.41, 5.74) is 1.09. The molecule has 8 nitrogen and oxygen atoms in total. The van der Waals surface area contributed by atoms with Crippen LogP contribution in [0.3, 0.4) is 0 Å². The molecule has 0 saturated carbocycles. The molecule has 200 valence electrons. The van der Waals surface area contributed by atoms with Gasteiger partial charge in [0.25, 0.3) is 11.7 Å². The first-order chi connectivity index (χ1) is 17.8. The quantitative estimate of drug-likeness (QED) is 0.173. The molecule has 2 aromatic carbocycles. The Hall–Kier alpha value is -3.52. The van der Waals surface area contributed by atoms with Crippen LogP contribution in [0, 0.1) is 0 Å². The minimum atomic E-state index is -0.791. The molecule has 1 amide bonds. The zero-order chi connectivity index (χ0) is 26.9. The number of amides is 1. The Morgan fingerprint density at radius 2 is 1.73 bits per heavy atom. The summed E-state index contributed by atoms with van der Waals surface area (Å²) in [7, 11) is 1.55. The highest BCUT2D eigenvalue weighted by Gasteiger charge is 2.46. The van der Waals surface area contributed by atoms with Crippen molar-refractivity contribution in [1.82, 2.24) is 4.90 Å². The minimum absolute atomic E-state index is 0.0321. The summed E-state index contributed by atoms with van der Waals surface area (Å²) >= 11 is 0. The number of nitrogens with zero attached hydrogens (tertiary/aromatic N) is 1. The van der Waals surface area contributed by atoms with Crippen molar-refractivity contribution in [2.24, 2.45) is 0 Å². The number of carbonyl (C=O) groups excluding carboxylic acids is 2. The number of likely N-dealkylation sites (tertiary alicyclic amines) is 1. The summed E-state index contributed by atoms with van der Waals surface area (Å²) in [6.07, 6.45) is 1.48. The number of hydrogen-bond donors (Lipinski definition) is 1. The van der Waals surface area contributed by atoms with Crippen molar-refractivity contribution in [3.05, 3.63) is 59.2 Å². The standard InChI is InChI=1S/C29H37NO7/c1-6-16-37-22-12-9-20(10-13-22)27(31)25-26(21-11-14-23(34-5)24(18-21)35-7-2)30(29(33)28(25)32)15-8-17-36-19(3)4/h9-14,18-19,26,31H,6-8,15-17H2,1-5H3/b27-25-. The predicted molar refractivity (Wildman–Crippen MR) is 141 cm³/mol. The third-order valence-corrected chi connectivity index (χ3v) is 5.94. The molecule has 1 heterocycles. The second-order valence-electron chi connectivity index (χ2n) is 8.98. The van der Waals surface area contributed by atoms with Crippen molar-refractivity contribution in [3.63, 3.8) is 0 Å². The first-order valence-corrected chi connectivity index (χ1v) is 12.8. The van der Waals surface area contributed by atoms with Crippen LogP contribution < -0.4 is 14.2 Å². The van der Waals surface area contributed by atoms with E-state index in [1.165, 1.54) is 4.90 Å². The van der Waals surface area contributed by atoms with Crippen LogP contribution >= 0.6 is 0 Å². The molecule has 8 heteroatoms. The second kappa shape index (κ2) is 13.1. The molecular weight excluding hydrogens is 474 g/mol. The molecule has 1 atom stereocenters. The van der Waals surface area contributed by atoms with Crippen LogP contribution in [0.1, 0.15) is 57.7 Å². The number of aliphatic hydroxyl groups is 1. The Morgan fingerprint density at radius 1 is 1.00 bits per heavy atom. The second-order valence-corrected chi connectivity index (χ2v) is 8.98. The summed E-state index contributed by atoms with van der Waals surface area (Å²) in [6.45, 7) is 9.49. The Balaban J connectivity index is 2.05. The lowest BCUT2D eigenvalue weighted by molar-refractivity contribution is -0.140. The fourth-order valence-corrected chi connectivity index (χ4v) is 4.23. The van der Waals surface area contributed by atoms with Crippen LogP contribution in [-0.2, 0) is 14.3 Å². The van der Waals surface area contributed by atoms with Gasteiger partial charge < -0.3 is 29.0 Å². The van der Waals surface area contributed by atoms with Gasteiger partial charge in [0.1, 0.15) is 11.5 Å². The van der Waals surface area contributed by atoms with Gasteiger partial charge in [0.2, 0.25) is 0 Å². The number of Topliss-reactive ketones (excluding diaryl/α,β-unsaturated/α-hetero) is 1. The molecule has 1 N–H and O–H groups in total. The molecule has 0 bridgehead atoms. The highest BCUT2D eigenvalue weighted by molar-refractivity contribution is 6.46. The molecule has 0 spiro atoms. The lowest BCUT2D eigenvalue weighted by Crippen LogP contribution is -2.31. The van der Waals surface area contributed by atoms with E-state index >= 15 is 0 Å². The molecule has 1 aliphatic heterocycles. The molecule has 3 rings (SSSR count). The molecule has 1 fully saturated rings. The number of rotatable bonds is 13. The van der Waals surface area contributed by atoms with E-state index in [4.69, 9.17) is 18.9 Å². The third-order valence-electron chi connectivity index (χ3n) is 5.94. The van der Waals surface area contributed by atoms with Crippen LogP contribution in [0.2, 0.25) is 0 Å². The van der Waals surface area contributed by atoms with Gasteiger partial charge in [-0.05, 0) is 75.6 Å². The van der Waals surface area contributed by atoms with Gasteiger partial charge in [-0.3, -0.25) is 9.59 Å². The van der Waals surface area contributed by atoms with Gasteiger partial charge in [0.15, 0.2) is 11.5 Å². The number of ketones is 1. The number of aliphatic hydroxyl groups excluding tert-OH is 1. The molecule has 1 aliphatic rings. The number of hydrogen-bond acceptors (Lipinski definition) is 7. The molecule has 1 unspecified atom stereocenters. The number of ether oxygens (including phenoxy) is 4. The van der Waals surface area contributed by atoms with Crippen LogP contribution in [0.15, 0.2) is 48.0 Å². The van der Waals surface area contributed by atoms with Gasteiger partial charge in [0, 0.05) is 18.7 Å². The molecule has 37 heavy (non-hydrogen) atoms. The molecule has 0 radical (unpaired) electrons. The summed E-state index contributed by atoms with van der Waals surface area (Å²) in [4.78, 5) is 28.0. The van der Waals surface area contributed by atoms with Crippen molar-refractivity contribution in [3.8, 4) is 17.2 Å². The average Bonchev–Trinajstić information content (AvgIpc) is 3.14. The fourth-order valence-electron chi connectivity index (χ4n) is 4.23. The minimum Gasteiger partial charge on any atom is -0.507 e. The molecule has 0 aliphatic carbocycles. The van der Waals surface area contributed by atoms with E-state index in [2.05, 4.69) is 0 Å². The van der Waals surface area contributed by atoms with Gasteiger partial charge in [-0.15, -0.1) is 0 Å². The van der Waals surface area contributed by atoms with Gasteiger partial charge in [-0.2, -0.15) is 0 Å². The van der Waals surface area contributed by atoms with Crippen molar-refractivity contribution in [2.75, 3.05) is 33.5 Å². The van der Waals surface area contributed by atoms with E-state index < -0.39 is 17.7 Å². The van der Waals surface area contributed by atoms with E-state index in [0.717, 1.165) is 6.42 Å². The highest BCUT2D eigenvalue weighted by atomic mass is 16.5. The van der Waals surface area contributed by atoms with Crippen LogP contribution in [-0.4, -0.2) is 61.3 Å². The topological polar surface area (TPSA) is 94.5 Å². The maximum Gasteiger partial charge on any atom is 0.295 e. The zero-order valence-electron chi connectivity index (χ0n) is 22.3. The Labute approximate surface area is 218 Å². The first-order valence-electron chi connectivity index (χ1n) is 12.8. The fraction of sp³-hybridized carbons (Fsp3) is 0.448. The molecule has 0 aromatic heterocycles. The summed E-state index contributed by atoms with van der Waals surface area (Å²) in [5, 5.41) is 11.3. The molecule has 2 aromatic rings. The summed E-state index contributed by atoms with van der Waals surface area (Å²) < 4.78 is 22.4. The van der Waals surface area contributed by atoms with Gasteiger partial charge >= 0.3 is 0 Å². The smallest absolute Gasteiger partial charge is 0.295 e. The van der Waals surface area contributed by atoms with Gasteiger partial charge in [0.05, 0.1) is 38.0 Å². The zero-order valence-corrected chi connectivity index (χ0v) is 22.3. The molecular formula is C29H37NO7. The maximum absolute atomic E-state index is 13.3. The van der Waals surface area contributed by atoms with Gasteiger partial charge in [-0.25, -0.2) is 0 Å². The Morgan fingerprint density at radius 3 is 2.35 bits per heavy atom. The van der Waals surface area contributed by atoms with Crippen molar-refractivity contribution in [2.45, 2.75) is 52.7 Å². The largest absolute Gasteiger partial charge is 0.507 e. The Bertz CT molecular complexity index is 1110. The number of methoxy groups -OCH3 is 1. The SMILES string of the molecule is CCCOc1ccc(/C(O)=C2/C(=O)C(=O)N(CCCOC(C)C)C2c2ccc(OC)c(OCC)c2)cc1. The maximum atomic E-state index is 13.3. The van der Waals surface area contributed by atoms with Crippen LogP contribution in [0.25, 0.3) is 5.76 Å². The lowest BCUT2D eigenvalue weighted by atomic mass is 9.95. The lowest BCUT2D eigenvalue weighted by Gasteiger charge is -2.26. The summed E-state index contributed by atoms with van der Waals surface area (Å²) in [6, 6.07) is 11.3. The average molecular weight is 512 g/mol. The monoisotopic (exact) mass is 511 g/mol. The third kappa shape index (κ3) is 6.63. The van der Waals surface area contributed by atoms with Crippen LogP contribution in [0.5, 0.6) is 17.2 Å². The molecule has 1 saturated heterocycles. The predicted octanol–water partition coefficient (Wildman–Crippen LogP) is 5.12. The first kappa shape index (κ1) is 28.1. The van der Waals surface area contributed by atoms with Gasteiger partial charge in [-0.1, -0.05) is 13.0 Å². The van der Waals surface area contributed by atoms with Crippen molar-refractivity contribution < 1.29 is 33.6 Å². The Kier molecular flexibility index (Phi) is 9.97.